The zero-order chi connectivity index (χ0) is 13.1. The molecule has 0 radical (unpaired) electrons. The quantitative estimate of drug-likeness (QED) is 0.853. The Bertz CT molecular complexity index is 454. The van der Waals surface area contributed by atoms with Gasteiger partial charge >= 0.3 is 5.97 Å². The molecule has 5 heteroatoms. The number of thioether (sulfide) groups is 1. The predicted octanol–water partition coefficient (Wildman–Crippen LogP) is 4.20. The summed E-state index contributed by atoms with van der Waals surface area (Å²) in [6, 6.07) is 3.15. The van der Waals surface area contributed by atoms with E-state index in [1.165, 1.54) is 18.9 Å². The number of hydrogen-bond donors (Lipinski definition) is 2. The van der Waals surface area contributed by atoms with Crippen molar-refractivity contribution in [2.45, 2.75) is 30.9 Å². The molecule has 98 valence electrons. The van der Waals surface area contributed by atoms with Gasteiger partial charge in [0.05, 0.1) is 0 Å². The van der Waals surface area contributed by atoms with Crippen molar-refractivity contribution in [3.8, 4) is 5.75 Å². The number of carboxylic acid groups (broad SMARTS) is 1. The standard InChI is InChI=1S/C13H15BrO3S/c14-9-6-5-8(13(16)17)12(15)11(9)10-4-2-1-3-7-18-10/h5-6,10,15H,1-4,7H2,(H,16,17). The summed E-state index contributed by atoms with van der Waals surface area (Å²) in [5, 5.41) is 19.4. The Balaban J connectivity index is 2.41. The van der Waals surface area contributed by atoms with E-state index in [9.17, 15) is 9.90 Å². The van der Waals surface area contributed by atoms with Crippen LogP contribution in [0.5, 0.6) is 5.75 Å². The summed E-state index contributed by atoms with van der Waals surface area (Å²) >= 11 is 5.23. The average Bonchev–Trinajstić information content (AvgIpc) is 2.57. The highest BCUT2D eigenvalue weighted by Crippen LogP contribution is 2.45. The van der Waals surface area contributed by atoms with Crippen LogP contribution in [0.15, 0.2) is 16.6 Å². The fourth-order valence-corrected chi connectivity index (χ4v) is 4.35. The Kier molecular flexibility index (Phi) is 4.56. The van der Waals surface area contributed by atoms with Gasteiger partial charge in [0.1, 0.15) is 11.3 Å². The minimum atomic E-state index is -1.08. The molecule has 1 aliphatic heterocycles. The van der Waals surface area contributed by atoms with Gasteiger partial charge in [-0.15, -0.1) is 0 Å². The number of aromatic carboxylic acids is 1. The number of carbonyl (C=O) groups is 1. The summed E-state index contributed by atoms with van der Waals surface area (Å²) < 4.78 is 0.796. The summed E-state index contributed by atoms with van der Waals surface area (Å²) in [7, 11) is 0. The number of aromatic hydroxyl groups is 1. The van der Waals surface area contributed by atoms with Crippen molar-refractivity contribution >= 4 is 33.7 Å². The van der Waals surface area contributed by atoms with Crippen LogP contribution in [0, 0.1) is 0 Å². The molecular formula is C13H15BrO3S. The molecule has 0 aliphatic carbocycles. The predicted molar refractivity (Wildman–Crippen MR) is 76.4 cm³/mol. The van der Waals surface area contributed by atoms with Crippen molar-refractivity contribution in [2.75, 3.05) is 5.75 Å². The van der Waals surface area contributed by atoms with E-state index in [2.05, 4.69) is 15.9 Å². The lowest BCUT2D eigenvalue weighted by molar-refractivity contribution is 0.0693. The number of phenols is 1. The molecule has 1 aromatic carbocycles. The Labute approximate surface area is 119 Å². The molecule has 1 aromatic rings. The molecule has 0 bridgehead atoms. The van der Waals surface area contributed by atoms with Crippen LogP contribution >= 0.6 is 27.7 Å². The maximum atomic E-state index is 11.1. The van der Waals surface area contributed by atoms with Crippen LogP contribution in [0.4, 0.5) is 0 Å². The lowest BCUT2D eigenvalue weighted by atomic mass is 10.0. The molecule has 18 heavy (non-hydrogen) atoms. The maximum absolute atomic E-state index is 11.1. The summed E-state index contributed by atoms with van der Waals surface area (Å²) in [5.74, 6) is -0.107. The third-order valence-corrected chi connectivity index (χ3v) is 5.24. The molecule has 1 fully saturated rings. The average molecular weight is 331 g/mol. The molecule has 2 rings (SSSR count). The van der Waals surface area contributed by atoms with Crippen LogP contribution in [0.1, 0.15) is 46.9 Å². The molecule has 0 aromatic heterocycles. The third-order valence-electron chi connectivity index (χ3n) is 3.15. The second-order valence-corrected chi connectivity index (χ2v) is 6.54. The van der Waals surface area contributed by atoms with Gasteiger partial charge in [-0.1, -0.05) is 28.8 Å². The summed E-state index contributed by atoms with van der Waals surface area (Å²) in [6.45, 7) is 0. The van der Waals surface area contributed by atoms with E-state index < -0.39 is 5.97 Å². The zero-order valence-electron chi connectivity index (χ0n) is 9.86. The highest BCUT2D eigenvalue weighted by molar-refractivity contribution is 9.10. The van der Waals surface area contributed by atoms with E-state index in [1.807, 2.05) is 0 Å². The molecule has 0 spiro atoms. The lowest BCUT2D eigenvalue weighted by Crippen LogP contribution is -2.02. The monoisotopic (exact) mass is 330 g/mol. The minimum absolute atomic E-state index is 0.0157. The number of rotatable bonds is 2. The molecule has 0 amide bonds. The zero-order valence-corrected chi connectivity index (χ0v) is 12.3. The van der Waals surface area contributed by atoms with Crippen molar-refractivity contribution in [1.29, 1.82) is 0 Å². The van der Waals surface area contributed by atoms with E-state index in [1.54, 1.807) is 17.8 Å². The summed E-state index contributed by atoms with van der Waals surface area (Å²) in [4.78, 5) is 11.1. The highest BCUT2D eigenvalue weighted by atomic mass is 79.9. The van der Waals surface area contributed by atoms with Crippen LogP contribution < -0.4 is 0 Å². The molecular weight excluding hydrogens is 316 g/mol. The number of benzene rings is 1. The van der Waals surface area contributed by atoms with Gasteiger partial charge in [0.2, 0.25) is 0 Å². The van der Waals surface area contributed by atoms with Gasteiger partial charge in [-0.25, -0.2) is 4.79 Å². The number of hydrogen-bond acceptors (Lipinski definition) is 3. The van der Waals surface area contributed by atoms with Crippen molar-refractivity contribution < 1.29 is 15.0 Å². The van der Waals surface area contributed by atoms with Gasteiger partial charge in [0, 0.05) is 15.3 Å². The molecule has 1 unspecified atom stereocenters. The van der Waals surface area contributed by atoms with E-state index >= 15 is 0 Å². The van der Waals surface area contributed by atoms with E-state index in [-0.39, 0.29) is 16.6 Å². The van der Waals surface area contributed by atoms with Gasteiger partial charge in [-0.05, 0) is 30.7 Å². The molecule has 3 nitrogen and oxygen atoms in total. The second-order valence-electron chi connectivity index (χ2n) is 4.37. The fraction of sp³-hybridized carbons (Fsp3) is 0.462. The normalized spacial score (nSPS) is 20.4. The highest BCUT2D eigenvalue weighted by Gasteiger charge is 2.24. The molecule has 1 atom stereocenters. The van der Waals surface area contributed by atoms with Crippen LogP contribution in [0.2, 0.25) is 0 Å². The Morgan fingerprint density at radius 1 is 1.33 bits per heavy atom. The summed E-state index contributed by atoms with van der Waals surface area (Å²) in [6.07, 6.45) is 4.51. The Morgan fingerprint density at radius 3 is 2.83 bits per heavy atom. The van der Waals surface area contributed by atoms with Crippen molar-refractivity contribution in [3.05, 3.63) is 27.7 Å². The first-order valence-corrected chi connectivity index (χ1v) is 7.81. The maximum Gasteiger partial charge on any atom is 0.339 e. The Morgan fingerprint density at radius 2 is 2.11 bits per heavy atom. The van der Waals surface area contributed by atoms with E-state index in [0.717, 1.165) is 28.6 Å². The molecule has 1 heterocycles. The molecule has 0 saturated carbocycles. The van der Waals surface area contributed by atoms with Gasteiger partial charge < -0.3 is 10.2 Å². The SMILES string of the molecule is O=C(O)c1ccc(Br)c(C2CCCCCS2)c1O. The van der Waals surface area contributed by atoms with Crippen molar-refractivity contribution in [3.63, 3.8) is 0 Å². The van der Waals surface area contributed by atoms with E-state index in [0.29, 0.717) is 0 Å². The van der Waals surface area contributed by atoms with Crippen molar-refractivity contribution in [2.24, 2.45) is 0 Å². The second kappa shape index (κ2) is 5.97. The van der Waals surface area contributed by atoms with Crippen LogP contribution in [-0.2, 0) is 0 Å². The first kappa shape index (κ1) is 13.7. The fourth-order valence-electron chi connectivity index (χ4n) is 2.21. The van der Waals surface area contributed by atoms with Gasteiger partial charge in [0.15, 0.2) is 0 Å². The minimum Gasteiger partial charge on any atom is -0.507 e. The van der Waals surface area contributed by atoms with Gasteiger partial charge in [-0.3, -0.25) is 0 Å². The number of halogens is 1. The smallest absolute Gasteiger partial charge is 0.339 e. The Hall–Kier alpha value is -0.680. The van der Waals surface area contributed by atoms with Crippen LogP contribution in [-0.4, -0.2) is 21.9 Å². The molecule has 1 saturated heterocycles. The largest absolute Gasteiger partial charge is 0.507 e. The van der Waals surface area contributed by atoms with Crippen molar-refractivity contribution in [1.82, 2.24) is 0 Å². The van der Waals surface area contributed by atoms with Gasteiger partial charge in [-0.2, -0.15) is 11.8 Å². The topological polar surface area (TPSA) is 57.5 Å². The molecule has 1 aliphatic rings. The first-order valence-electron chi connectivity index (χ1n) is 5.97. The van der Waals surface area contributed by atoms with Gasteiger partial charge in [0.25, 0.3) is 0 Å². The lowest BCUT2D eigenvalue weighted by Gasteiger charge is -2.18. The number of carboxylic acids is 1. The summed E-state index contributed by atoms with van der Waals surface area (Å²) in [5.41, 5.74) is 0.722. The van der Waals surface area contributed by atoms with Crippen LogP contribution in [0.25, 0.3) is 0 Å². The first-order chi connectivity index (χ1) is 8.61. The van der Waals surface area contributed by atoms with E-state index in [4.69, 9.17) is 5.11 Å². The van der Waals surface area contributed by atoms with Crippen LogP contribution in [0.3, 0.4) is 0 Å². The molecule has 2 N–H and O–H groups in total. The third kappa shape index (κ3) is 2.83.